The third-order valence-electron chi connectivity index (χ3n) is 2.21. The number of rotatable bonds is 10. The lowest BCUT2D eigenvalue weighted by Gasteiger charge is -2.21. The molecule has 0 aliphatic carbocycles. The summed E-state index contributed by atoms with van der Waals surface area (Å²) in [5, 5.41) is 0. The molecule has 108 valence electrons. The van der Waals surface area contributed by atoms with Crippen LogP contribution in [0.25, 0.3) is 0 Å². The number of hydrogen-bond donors (Lipinski definition) is 1. The predicted molar refractivity (Wildman–Crippen MR) is 67.3 cm³/mol. The van der Waals surface area contributed by atoms with E-state index in [0.29, 0.717) is 13.0 Å². The Labute approximate surface area is 109 Å². The molecule has 0 radical (unpaired) electrons. The number of esters is 1. The molecule has 0 saturated carbocycles. The van der Waals surface area contributed by atoms with Gasteiger partial charge in [0.2, 0.25) is 0 Å². The fourth-order valence-corrected chi connectivity index (χ4v) is 2.48. The molecule has 0 rings (SSSR count). The van der Waals surface area contributed by atoms with Crippen molar-refractivity contribution in [3.8, 4) is 0 Å². The smallest absolute Gasteiger partial charge is 0.306 e. The standard InChI is InChI=1S/C10H22N2O5S/c1-4-6-11-18(14,15)12(8-9-16-2)7-5-10(13)17-3/h11H,4-9H2,1-3H3. The molecule has 0 aromatic carbocycles. The van der Waals surface area contributed by atoms with E-state index in [9.17, 15) is 13.2 Å². The summed E-state index contributed by atoms with van der Waals surface area (Å²) < 4.78 is 36.8. The fourth-order valence-electron chi connectivity index (χ4n) is 1.19. The number of methoxy groups -OCH3 is 2. The highest BCUT2D eigenvalue weighted by molar-refractivity contribution is 7.87. The van der Waals surface area contributed by atoms with Gasteiger partial charge in [0.25, 0.3) is 10.2 Å². The highest BCUT2D eigenvalue weighted by Crippen LogP contribution is 2.01. The molecule has 0 saturated heterocycles. The van der Waals surface area contributed by atoms with Gasteiger partial charge < -0.3 is 9.47 Å². The van der Waals surface area contributed by atoms with Gasteiger partial charge in [0.05, 0.1) is 20.1 Å². The molecule has 7 nitrogen and oxygen atoms in total. The van der Waals surface area contributed by atoms with Crippen LogP contribution >= 0.6 is 0 Å². The zero-order valence-corrected chi connectivity index (χ0v) is 12.0. The number of ether oxygens (including phenoxy) is 2. The molecule has 0 bridgehead atoms. The second-order valence-corrected chi connectivity index (χ2v) is 5.37. The van der Waals surface area contributed by atoms with Crippen molar-refractivity contribution in [1.29, 1.82) is 0 Å². The second-order valence-electron chi connectivity index (χ2n) is 3.62. The lowest BCUT2D eigenvalue weighted by Crippen LogP contribution is -2.43. The van der Waals surface area contributed by atoms with Gasteiger partial charge in [0.15, 0.2) is 0 Å². The van der Waals surface area contributed by atoms with Crippen molar-refractivity contribution in [1.82, 2.24) is 9.03 Å². The maximum Gasteiger partial charge on any atom is 0.306 e. The molecule has 0 aliphatic rings. The Bertz CT molecular complexity index is 331. The maximum absolute atomic E-state index is 11.9. The minimum Gasteiger partial charge on any atom is -0.469 e. The molecule has 0 atom stereocenters. The Morgan fingerprint density at radius 1 is 1.28 bits per heavy atom. The van der Waals surface area contributed by atoms with E-state index >= 15 is 0 Å². The Hall–Kier alpha value is -0.700. The van der Waals surface area contributed by atoms with Crippen LogP contribution in [0.15, 0.2) is 0 Å². The molecular formula is C10H22N2O5S. The fraction of sp³-hybridized carbons (Fsp3) is 0.900. The van der Waals surface area contributed by atoms with Crippen molar-refractivity contribution >= 4 is 16.2 Å². The first-order valence-electron chi connectivity index (χ1n) is 5.78. The SMILES string of the molecule is CCCNS(=O)(=O)N(CCOC)CCC(=O)OC. The topological polar surface area (TPSA) is 84.9 Å². The van der Waals surface area contributed by atoms with E-state index in [4.69, 9.17) is 4.74 Å². The minimum absolute atomic E-state index is 0.0211. The summed E-state index contributed by atoms with van der Waals surface area (Å²) >= 11 is 0. The summed E-state index contributed by atoms with van der Waals surface area (Å²) in [6.45, 7) is 2.79. The number of nitrogens with zero attached hydrogens (tertiary/aromatic N) is 1. The van der Waals surface area contributed by atoms with Gasteiger partial charge in [0.1, 0.15) is 0 Å². The molecule has 0 aromatic heterocycles. The molecule has 0 fully saturated rings. The molecule has 0 aromatic rings. The zero-order chi connectivity index (χ0) is 14.0. The number of nitrogens with one attached hydrogen (secondary N) is 1. The largest absolute Gasteiger partial charge is 0.469 e. The molecule has 0 heterocycles. The summed E-state index contributed by atoms with van der Waals surface area (Å²) in [4.78, 5) is 11.0. The summed E-state index contributed by atoms with van der Waals surface area (Å²) in [6, 6.07) is 0. The molecule has 0 aliphatic heterocycles. The number of carbonyl (C=O) groups is 1. The van der Waals surface area contributed by atoms with Gasteiger partial charge in [-0.15, -0.1) is 0 Å². The molecule has 8 heteroatoms. The predicted octanol–water partition coefficient (Wildman–Crippen LogP) is -0.258. The Kier molecular flexibility index (Phi) is 8.90. The summed E-state index contributed by atoms with van der Waals surface area (Å²) in [7, 11) is -0.805. The second kappa shape index (κ2) is 9.26. The minimum atomic E-state index is -3.57. The Balaban J connectivity index is 4.49. The van der Waals surface area contributed by atoms with Crippen molar-refractivity contribution in [3.05, 3.63) is 0 Å². The van der Waals surface area contributed by atoms with E-state index in [-0.39, 0.29) is 26.1 Å². The Morgan fingerprint density at radius 3 is 2.44 bits per heavy atom. The van der Waals surface area contributed by atoms with E-state index in [2.05, 4.69) is 9.46 Å². The first-order chi connectivity index (χ1) is 8.47. The van der Waals surface area contributed by atoms with Crippen molar-refractivity contribution < 1.29 is 22.7 Å². The highest BCUT2D eigenvalue weighted by atomic mass is 32.2. The van der Waals surface area contributed by atoms with Crippen LogP contribution < -0.4 is 4.72 Å². The van der Waals surface area contributed by atoms with E-state index < -0.39 is 16.2 Å². The third-order valence-corrected chi connectivity index (χ3v) is 3.83. The van der Waals surface area contributed by atoms with Crippen LogP contribution in [0.3, 0.4) is 0 Å². The van der Waals surface area contributed by atoms with Crippen LogP contribution in [-0.2, 0) is 24.5 Å². The quantitative estimate of drug-likeness (QED) is 0.558. The van der Waals surface area contributed by atoms with Crippen LogP contribution in [0.4, 0.5) is 0 Å². The average Bonchev–Trinajstić information content (AvgIpc) is 2.35. The van der Waals surface area contributed by atoms with Crippen LogP contribution in [0.5, 0.6) is 0 Å². The van der Waals surface area contributed by atoms with Crippen molar-refractivity contribution in [2.24, 2.45) is 0 Å². The molecule has 0 unspecified atom stereocenters. The highest BCUT2D eigenvalue weighted by Gasteiger charge is 2.21. The molecule has 1 N–H and O–H groups in total. The normalized spacial score (nSPS) is 11.8. The maximum atomic E-state index is 11.9. The number of hydrogen-bond acceptors (Lipinski definition) is 5. The van der Waals surface area contributed by atoms with Gasteiger partial charge in [-0.05, 0) is 6.42 Å². The molecule has 0 amide bonds. The van der Waals surface area contributed by atoms with Gasteiger partial charge in [-0.3, -0.25) is 4.79 Å². The lowest BCUT2D eigenvalue weighted by molar-refractivity contribution is -0.140. The first-order valence-corrected chi connectivity index (χ1v) is 7.22. The first kappa shape index (κ1) is 17.3. The summed E-state index contributed by atoms with van der Waals surface area (Å²) in [6.07, 6.45) is 0.724. The molecular weight excluding hydrogens is 260 g/mol. The van der Waals surface area contributed by atoms with Crippen LogP contribution in [0.1, 0.15) is 19.8 Å². The van der Waals surface area contributed by atoms with E-state index in [1.54, 1.807) is 0 Å². The monoisotopic (exact) mass is 282 g/mol. The van der Waals surface area contributed by atoms with Gasteiger partial charge in [-0.1, -0.05) is 6.92 Å². The lowest BCUT2D eigenvalue weighted by atomic mass is 10.4. The van der Waals surface area contributed by atoms with Crippen molar-refractivity contribution in [2.75, 3.05) is 40.5 Å². The van der Waals surface area contributed by atoms with Gasteiger partial charge in [-0.2, -0.15) is 12.7 Å². The summed E-state index contributed by atoms with van der Waals surface area (Å²) in [5.74, 6) is -0.442. The summed E-state index contributed by atoms with van der Waals surface area (Å²) in [5.41, 5.74) is 0. The van der Waals surface area contributed by atoms with E-state index in [1.165, 1.54) is 18.5 Å². The van der Waals surface area contributed by atoms with Gasteiger partial charge >= 0.3 is 5.97 Å². The van der Waals surface area contributed by atoms with Crippen molar-refractivity contribution in [2.45, 2.75) is 19.8 Å². The van der Waals surface area contributed by atoms with Gasteiger partial charge in [0, 0.05) is 26.7 Å². The molecule has 0 spiro atoms. The van der Waals surface area contributed by atoms with Gasteiger partial charge in [-0.25, -0.2) is 4.72 Å². The van der Waals surface area contributed by atoms with Crippen molar-refractivity contribution in [3.63, 3.8) is 0 Å². The van der Waals surface area contributed by atoms with Crippen LogP contribution in [0.2, 0.25) is 0 Å². The zero-order valence-electron chi connectivity index (χ0n) is 11.1. The Morgan fingerprint density at radius 2 is 1.94 bits per heavy atom. The van der Waals surface area contributed by atoms with E-state index in [1.807, 2.05) is 6.92 Å². The molecule has 18 heavy (non-hydrogen) atoms. The van der Waals surface area contributed by atoms with E-state index in [0.717, 1.165) is 0 Å². The van der Waals surface area contributed by atoms with Crippen LogP contribution in [-0.4, -0.2) is 59.2 Å². The third kappa shape index (κ3) is 6.90. The average molecular weight is 282 g/mol. The van der Waals surface area contributed by atoms with Crippen LogP contribution in [0, 0.1) is 0 Å². The number of carbonyl (C=O) groups excluding carboxylic acids is 1.